The van der Waals surface area contributed by atoms with Crippen LogP contribution in [0.2, 0.25) is 0 Å². The van der Waals surface area contributed by atoms with E-state index < -0.39 is 0 Å². The monoisotopic (exact) mass is 314 g/mol. The maximum Gasteiger partial charge on any atom is 0.230 e. The lowest BCUT2D eigenvalue weighted by molar-refractivity contribution is -0.120. The largest absolute Gasteiger partial charge is 0.396 e. The van der Waals surface area contributed by atoms with E-state index in [2.05, 4.69) is 36.3 Å². The molecule has 2 N–H and O–H groups in total. The van der Waals surface area contributed by atoms with E-state index in [1.165, 1.54) is 11.8 Å². The van der Waals surface area contributed by atoms with Crippen LogP contribution in [-0.4, -0.2) is 44.2 Å². The van der Waals surface area contributed by atoms with Gasteiger partial charge in [0, 0.05) is 18.7 Å². The lowest BCUT2D eigenvalue weighted by Crippen LogP contribution is -2.45. The summed E-state index contributed by atoms with van der Waals surface area (Å²) in [5.74, 6) is 0.246. The molecule has 0 saturated carbocycles. The van der Waals surface area contributed by atoms with Gasteiger partial charge in [-0.05, 0) is 25.7 Å². The quantitative estimate of drug-likeness (QED) is 0.751. The van der Waals surface area contributed by atoms with Crippen LogP contribution in [0.25, 0.3) is 0 Å². The molecule has 0 bridgehead atoms. The van der Waals surface area contributed by atoms with E-state index in [1.807, 2.05) is 18.4 Å². The summed E-state index contributed by atoms with van der Waals surface area (Å²) in [6, 6.07) is 0.223. The van der Waals surface area contributed by atoms with Gasteiger partial charge in [-0.1, -0.05) is 32.5 Å². The predicted octanol–water partition coefficient (Wildman–Crippen LogP) is 1.86. The van der Waals surface area contributed by atoms with E-state index in [0.29, 0.717) is 12.2 Å². The van der Waals surface area contributed by atoms with Gasteiger partial charge in [-0.15, -0.1) is 10.2 Å². The molecule has 1 unspecified atom stereocenters. The summed E-state index contributed by atoms with van der Waals surface area (Å²) in [6.07, 6.45) is 2.23. The number of hydrogen-bond donors (Lipinski definition) is 2. The van der Waals surface area contributed by atoms with Gasteiger partial charge in [0.25, 0.3) is 0 Å². The van der Waals surface area contributed by atoms with Gasteiger partial charge >= 0.3 is 0 Å². The molecule has 6 nitrogen and oxygen atoms in total. The van der Waals surface area contributed by atoms with Crippen LogP contribution in [0.3, 0.4) is 0 Å². The van der Waals surface area contributed by atoms with Crippen molar-refractivity contribution in [2.24, 2.45) is 5.41 Å². The van der Waals surface area contributed by atoms with Gasteiger partial charge in [0.2, 0.25) is 5.91 Å². The summed E-state index contributed by atoms with van der Waals surface area (Å²) in [5, 5.41) is 20.8. The van der Waals surface area contributed by atoms with Crippen LogP contribution in [-0.2, 0) is 4.79 Å². The molecule has 1 amide bonds. The molecule has 1 aromatic rings. The first-order chi connectivity index (χ1) is 9.75. The summed E-state index contributed by atoms with van der Waals surface area (Å²) >= 11 is 1.38. The molecule has 1 rings (SSSR count). The molecule has 0 saturated heterocycles. The molecule has 0 spiro atoms. The third-order valence-corrected chi connectivity index (χ3v) is 4.18. The Bertz CT molecular complexity index is 454. The minimum atomic E-state index is -0.0823. The first kappa shape index (κ1) is 18.0. The second-order valence-corrected chi connectivity index (χ2v) is 7.34. The molecule has 120 valence electrons. The van der Waals surface area contributed by atoms with Gasteiger partial charge in [0.05, 0.1) is 5.75 Å². The highest BCUT2D eigenvalue weighted by Gasteiger charge is 2.25. The summed E-state index contributed by atoms with van der Waals surface area (Å²) in [4.78, 5) is 12.1. The van der Waals surface area contributed by atoms with Crippen LogP contribution in [0.1, 0.15) is 47.1 Å². The molecule has 0 aliphatic heterocycles. The van der Waals surface area contributed by atoms with Gasteiger partial charge in [0.15, 0.2) is 5.16 Å². The van der Waals surface area contributed by atoms with Crippen LogP contribution in [0, 0.1) is 5.41 Å². The van der Waals surface area contributed by atoms with Crippen molar-refractivity contribution in [2.45, 2.75) is 58.3 Å². The minimum Gasteiger partial charge on any atom is -0.396 e. The minimum absolute atomic E-state index is 0.0430. The number of rotatable bonds is 7. The van der Waals surface area contributed by atoms with Crippen LogP contribution in [0.4, 0.5) is 0 Å². The van der Waals surface area contributed by atoms with Crippen LogP contribution < -0.4 is 5.32 Å². The van der Waals surface area contributed by atoms with Crippen molar-refractivity contribution in [2.75, 3.05) is 12.4 Å². The number of nitrogens with zero attached hydrogens (tertiary/aromatic N) is 3. The van der Waals surface area contributed by atoms with Crippen LogP contribution in [0.15, 0.2) is 11.5 Å². The van der Waals surface area contributed by atoms with Crippen molar-refractivity contribution in [3.05, 3.63) is 6.33 Å². The van der Waals surface area contributed by atoms with Crippen molar-refractivity contribution in [3.8, 4) is 0 Å². The SMILES string of the molecule is CC(C)n1cnnc1SCC(=O)NC(CCO)C(C)(C)C. The number of carbonyl (C=O) groups excluding carboxylic acids is 1. The summed E-state index contributed by atoms with van der Waals surface area (Å²) < 4.78 is 1.94. The molecule has 21 heavy (non-hydrogen) atoms. The Hall–Kier alpha value is -1.08. The summed E-state index contributed by atoms with van der Waals surface area (Å²) in [7, 11) is 0. The Morgan fingerprint density at radius 2 is 2.14 bits per heavy atom. The maximum absolute atomic E-state index is 12.1. The van der Waals surface area contributed by atoms with Gasteiger partial charge in [-0.2, -0.15) is 0 Å². The fourth-order valence-electron chi connectivity index (χ4n) is 1.91. The molecule has 1 heterocycles. The average molecular weight is 314 g/mol. The zero-order chi connectivity index (χ0) is 16.0. The van der Waals surface area contributed by atoms with E-state index in [0.717, 1.165) is 5.16 Å². The molecule has 1 aromatic heterocycles. The summed E-state index contributed by atoms with van der Waals surface area (Å²) in [5.41, 5.74) is -0.0823. The van der Waals surface area contributed by atoms with E-state index in [4.69, 9.17) is 5.11 Å². The Kier molecular flexibility index (Phi) is 6.67. The Morgan fingerprint density at radius 3 is 2.67 bits per heavy atom. The van der Waals surface area contributed by atoms with E-state index >= 15 is 0 Å². The Morgan fingerprint density at radius 1 is 1.48 bits per heavy atom. The third kappa shape index (κ3) is 5.67. The molecule has 0 fully saturated rings. The molecule has 0 aliphatic carbocycles. The molecule has 1 atom stereocenters. The molecule has 0 aromatic carbocycles. The van der Waals surface area contributed by atoms with Gasteiger partial charge in [-0.3, -0.25) is 4.79 Å². The number of hydrogen-bond acceptors (Lipinski definition) is 5. The van der Waals surface area contributed by atoms with E-state index in [1.54, 1.807) is 6.33 Å². The highest BCUT2D eigenvalue weighted by molar-refractivity contribution is 7.99. The number of nitrogens with one attached hydrogen (secondary N) is 1. The lowest BCUT2D eigenvalue weighted by Gasteiger charge is -2.31. The number of amides is 1. The van der Waals surface area contributed by atoms with Gasteiger partial charge in [0.1, 0.15) is 6.33 Å². The number of aromatic nitrogens is 3. The fraction of sp³-hybridized carbons (Fsp3) is 0.786. The van der Waals surface area contributed by atoms with Crippen molar-refractivity contribution in [1.29, 1.82) is 0 Å². The second-order valence-electron chi connectivity index (χ2n) is 6.40. The number of thioether (sulfide) groups is 1. The van der Waals surface area contributed by atoms with Gasteiger partial charge in [-0.25, -0.2) is 0 Å². The second kappa shape index (κ2) is 7.79. The molecular weight excluding hydrogens is 288 g/mol. The zero-order valence-corrected chi connectivity index (χ0v) is 14.3. The van der Waals surface area contributed by atoms with Crippen molar-refractivity contribution in [1.82, 2.24) is 20.1 Å². The molecule has 0 radical (unpaired) electrons. The van der Waals surface area contributed by atoms with Crippen LogP contribution in [0.5, 0.6) is 0 Å². The maximum atomic E-state index is 12.1. The molecule has 7 heteroatoms. The smallest absolute Gasteiger partial charge is 0.230 e. The number of aliphatic hydroxyl groups excluding tert-OH is 1. The summed E-state index contributed by atoms with van der Waals surface area (Å²) in [6.45, 7) is 10.3. The first-order valence-corrected chi connectivity index (χ1v) is 8.16. The average Bonchev–Trinajstić information content (AvgIpc) is 2.83. The predicted molar refractivity (Wildman–Crippen MR) is 84.2 cm³/mol. The normalized spacial score (nSPS) is 13.5. The zero-order valence-electron chi connectivity index (χ0n) is 13.5. The van der Waals surface area contributed by atoms with E-state index in [9.17, 15) is 4.79 Å². The topological polar surface area (TPSA) is 80.0 Å². The van der Waals surface area contributed by atoms with E-state index in [-0.39, 0.29) is 30.0 Å². The first-order valence-electron chi connectivity index (χ1n) is 7.18. The van der Waals surface area contributed by atoms with Gasteiger partial charge < -0.3 is 15.0 Å². The number of carbonyl (C=O) groups is 1. The molecule has 0 aliphatic rings. The third-order valence-electron chi connectivity index (χ3n) is 3.23. The van der Waals surface area contributed by atoms with Crippen LogP contribution >= 0.6 is 11.8 Å². The van der Waals surface area contributed by atoms with Crippen molar-refractivity contribution in [3.63, 3.8) is 0 Å². The molecular formula is C14H26N4O2S. The Labute approximate surface area is 130 Å². The number of aliphatic hydroxyl groups is 1. The Balaban J connectivity index is 2.55. The lowest BCUT2D eigenvalue weighted by atomic mass is 9.85. The van der Waals surface area contributed by atoms with Crippen molar-refractivity contribution >= 4 is 17.7 Å². The highest BCUT2D eigenvalue weighted by atomic mass is 32.2. The standard InChI is InChI=1S/C14H26N4O2S/c1-10(2)18-9-15-17-13(18)21-8-12(20)16-11(6-7-19)14(3,4)5/h9-11,19H,6-8H2,1-5H3,(H,16,20). The van der Waals surface area contributed by atoms with Crippen molar-refractivity contribution < 1.29 is 9.90 Å². The highest BCUT2D eigenvalue weighted by Crippen LogP contribution is 2.22. The fourth-order valence-corrected chi connectivity index (χ4v) is 2.76.